The van der Waals surface area contributed by atoms with Crippen LogP contribution in [-0.4, -0.2) is 26.5 Å². The van der Waals surface area contributed by atoms with Crippen molar-refractivity contribution < 1.29 is 14.2 Å². The van der Waals surface area contributed by atoms with Crippen LogP contribution in [-0.2, 0) is 0 Å². The zero-order valence-corrected chi connectivity index (χ0v) is 16.6. The largest absolute Gasteiger partial charge is 0.493 e. The Kier molecular flexibility index (Phi) is 5.27. The van der Waals surface area contributed by atoms with Crippen LogP contribution in [0.15, 0.2) is 60.7 Å². The molecule has 3 aromatic carbocycles. The highest BCUT2D eigenvalue weighted by Crippen LogP contribution is 2.49. The maximum Gasteiger partial charge on any atom is 0.231 e. The summed E-state index contributed by atoms with van der Waals surface area (Å²) in [7, 11) is 0. The van der Waals surface area contributed by atoms with Crippen LogP contribution >= 0.6 is 0 Å². The molecule has 2 atom stereocenters. The van der Waals surface area contributed by atoms with E-state index in [4.69, 9.17) is 14.2 Å². The van der Waals surface area contributed by atoms with Crippen molar-refractivity contribution in [2.24, 2.45) is 5.92 Å². The molecule has 0 radical (unpaired) electrons. The zero-order valence-electron chi connectivity index (χ0n) is 16.6. The summed E-state index contributed by atoms with van der Waals surface area (Å²) in [5.41, 5.74) is 1.52. The fourth-order valence-electron chi connectivity index (χ4n) is 4.22. The summed E-state index contributed by atoms with van der Waals surface area (Å²) in [6, 6.07) is 21.2. The Bertz CT molecular complexity index is 981. The second kappa shape index (κ2) is 8.34. The Balaban J connectivity index is 0.998. The van der Waals surface area contributed by atoms with E-state index >= 15 is 0 Å². The summed E-state index contributed by atoms with van der Waals surface area (Å²) >= 11 is 0. The molecule has 0 bridgehead atoms. The minimum absolute atomic E-state index is 0.298. The molecular formula is C25H27NO3. The number of ether oxygens (including phenoxy) is 3. The van der Waals surface area contributed by atoms with Crippen LogP contribution in [0.5, 0.6) is 17.2 Å². The standard InChI is InChI=1S/C25H27NO3/c1-2-8-21-18(6-1)7-5-9-22(21)23-14-19(23)16-26-12-3-4-13-27-20-10-11-24-25(15-20)29-17-28-24/h1-2,5-11,15,19,23,26H,3-4,12-14,16-17H2. The van der Waals surface area contributed by atoms with Crippen LogP contribution in [0.4, 0.5) is 0 Å². The summed E-state index contributed by atoms with van der Waals surface area (Å²) < 4.78 is 16.5. The van der Waals surface area contributed by atoms with Gasteiger partial charge in [0.05, 0.1) is 6.61 Å². The first-order chi connectivity index (χ1) is 14.4. The number of hydrogen-bond acceptors (Lipinski definition) is 4. The minimum atomic E-state index is 0.298. The Morgan fingerprint density at radius 1 is 0.931 bits per heavy atom. The topological polar surface area (TPSA) is 39.7 Å². The van der Waals surface area contributed by atoms with E-state index in [0.717, 1.165) is 55.7 Å². The predicted octanol–water partition coefficient (Wildman–Crippen LogP) is 5.12. The van der Waals surface area contributed by atoms with E-state index in [2.05, 4.69) is 47.8 Å². The van der Waals surface area contributed by atoms with Crippen molar-refractivity contribution in [3.8, 4) is 17.2 Å². The van der Waals surface area contributed by atoms with Crippen LogP contribution in [0, 0.1) is 5.92 Å². The van der Waals surface area contributed by atoms with Gasteiger partial charge in [0.1, 0.15) is 5.75 Å². The molecule has 1 aliphatic heterocycles. The molecular weight excluding hydrogens is 362 g/mol. The number of benzene rings is 3. The van der Waals surface area contributed by atoms with Crippen molar-refractivity contribution in [1.82, 2.24) is 5.32 Å². The third-order valence-corrected chi connectivity index (χ3v) is 5.91. The molecule has 0 amide bonds. The Morgan fingerprint density at radius 2 is 1.83 bits per heavy atom. The third kappa shape index (κ3) is 4.18. The van der Waals surface area contributed by atoms with Crippen molar-refractivity contribution in [2.75, 3.05) is 26.5 Å². The van der Waals surface area contributed by atoms with E-state index in [0.29, 0.717) is 12.7 Å². The summed E-state index contributed by atoms with van der Waals surface area (Å²) in [5.74, 6) is 3.89. The van der Waals surface area contributed by atoms with E-state index in [1.807, 2.05) is 18.2 Å². The second-order valence-electron chi connectivity index (χ2n) is 7.95. The van der Waals surface area contributed by atoms with Crippen LogP contribution < -0.4 is 19.5 Å². The van der Waals surface area contributed by atoms with Crippen molar-refractivity contribution in [1.29, 1.82) is 0 Å². The fraction of sp³-hybridized carbons (Fsp3) is 0.360. The van der Waals surface area contributed by atoms with Gasteiger partial charge in [0.15, 0.2) is 11.5 Å². The van der Waals surface area contributed by atoms with Crippen molar-refractivity contribution >= 4 is 10.8 Å². The van der Waals surface area contributed by atoms with Crippen LogP contribution in [0.1, 0.15) is 30.7 Å². The van der Waals surface area contributed by atoms with Crippen molar-refractivity contribution in [3.05, 3.63) is 66.2 Å². The molecule has 1 heterocycles. The Hall–Kier alpha value is -2.72. The van der Waals surface area contributed by atoms with Gasteiger partial charge < -0.3 is 19.5 Å². The first kappa shape index (κ1) is 18.3. The molecule has 3 aromatic rings. The minimum Gasteiger partial charge on any atom is -0.493 e. The molecule has 1 fully saturated rings. The maximum absolute atomic E-state index is 5.82. The van der Waals surface area contributed by atoms with Crippen LogP contribution in [0.3, 0.4) is 0 Å². The third-order valence-electron chi connectivity index (χ3n) is 5.91. The van der Waals surface area contributed by atoms with E-state index in [9.17, 15) is 0 Å². The molecule has 150 valence electrons. The summed E-state index contributed by atoms with van der Waals surface area (Å²) in [5, 5.41) is 6.41. The van der Waals surface area contributed by atoms with Gasteiger partial charge in [0.2, 0.25) is 6.79 Å². The fourth-order valence-corrected chi connectivity index (χ4v) is 4.22. The van der Waals surface area contributed by atoms with Crippen LogP contribution in [0.2, 0.25) is 0 Å². The summed E-state index contributed by atoms with van der Waals surface area (Å²) in [6.45, 7) is 3.18. The normalized spacial score (nSPS) is 19.4. The average molecular weight is 389 g/mol. The van der Waals surface area contributed by atoms with Gasteiger partial charge in [0, 0.05) is 6.07 Å². The molecule has 2 unspecified atom stereocenters. The van der Waals surface area contributed by atoms with Crippen LogP contribution in [0.25, 0.3) is 10.8 Å². The van der Waals surface area contributed by atoms with Gasteiger partial charge in [-0.05, 0) is 72.7 Å². The molecule has 4 heteroatoms. The van der Waals surface area contributed by atoms with Gasteiger partial charge in [-0.2, -0.15) is 0 Å². The average Bonchev–Trinajstić information content (AvgIpc) is 3.37. The molecule has 0 saturated heterocycles. The van der Waals surface area contributed by atoms with E-state index in [1.54, 1.807) is 0 Å². The Morgan fingerprint density at radius 3 is 2.83 bits per heavy atom. The number of rotatable bonds is 9. The summed E-state index contributed by atoms with van der Waals surface area (Å²) in [4.78, 5) is 0. The van der Waals surface area contributed by atoms with Gasteiger partial charge in [-0.1, -0.05) is 42.5 Å². The zero-order chi connectivity index (χ0) is 19.5. The molecule has 0 spiro atoms. The lowest BCUT2D eigenvalue weighted by Gasteiger charge is -2.08. The molecule has 2 aliphatic rings. The number of hydrogen-bond donors (Lipinski definition) is 1. The number of nitrogens with one attached hydrogen (secondary N) is 1. The first-order valence-electron chi connectivity index (χ1n) is 10.6. The monoisotopic (exact) mass is 389 g/mol. The van der Waals surface area contributed by atoms with E-state index < -0.39 is 0 Å². The van der Waals surface area contributed by atoms with Crippen molar-refractivity contribution in [2.45, 2.75) is 25.2 Å². The lowest BCUT2D eigenvalue weighted by Crippen LogP contribution is -2.19. The predicted molar refractivity (Wildman–Crippen MR) is 115 cm³/mol. The molecule has 5 rings (SSSR count). The highest BCUT2D eigenvalue weighted by atomic mass is 16.7. The van der Waals surface area contributed by atoms with Gasteiger partial charge in [-0.25, -0.2) is 0 Å². The smallest absolute Gasteiger partial charge is 0.231 e. The highest BCUT2D eigenvalue weighted by Gasteiger charge is 2.38. The van der Waals surface area contributed by atoms with Gasteiger partial charge in [-0.3, -0.25) is 0 Å². The van der Waals surface area contributed by atoms with Gasteiger partial charge in [0.25, 0.3) is 0 Å². The molecule has 1 N–H and O–H groups in total. The van der Waals surface area contributed by atoms with Gasteiger partial charge in [-0.15, -0.1) is 0 Å². The Labute approximate surface area is 171 Å². The number of unbranched alkanes of at least 4 members (excludes halogenated alkanes) is 1. The SMILES string of the molecule is c1ccc2c(C3CC3CNCCCCOc3ccc4c(c3)OCO4)cccc2c1. The molecule has 0 aromatic heterocycles. The van der Waals surface area contributed by atoms with Crippen molar-refractivity contribution in [3.63, 3.8) is 0 Å². The molecule has 29 heavy (non-hydrogen) atoms. The quantitative estimate of drug-likeness (QED) is 0.516. The summed E-state index contributed by atoms with van der Waals surface area (Å²) in [6.07, 6.45) is 3.46. The lowest BCUT2D eigenvalue weighted by molar-refractivity contribution is 0.173. The van der Waals surface area contributed by atoms with Gasteiger partial charge >= 0.3 is 0 Å². The maximum atomic E-state index is 5.82. The highest BCUT2D eigenvalue weighted by molar-refractivity contribution is 5.86. The van der Waals surface area contributed by atoms with E-state index in [1.165, 1.54) is 22.8 Å². The lowest BCUT2D eigenvalue weighted by atomic mass is 10.0. The molecule has 1 saturated carbocycles. The second-order valence-corrected chi connectivity index (χ2v) is 7.95. The number of fused-ring (bicyclic) bond motifs is 2. The van der Waals surface area contributed by atoms with E-state index in [-0.39, 0.29) is 0 Å². The molecule has 4 nitrogen and oxygen atoms in total. The molecule has 1 aliphatic carbocycles. The first-order valence-corrected chi connectivity index (χ1v) is 10.6.